The molecule has 0 radical (unpaired) electrons. The first-order chi connectivity index (χ1) is 9.02. The first kappa shape index (κ1) is 13.0. The molecular weight excluding hydrogens is 250 g/mol. The van der Waals surface area contributed by atoms with Gasteiger partial charge in [0, 0.05) is 18.2 Å². The molecule has 0 amide bonds. The van der Waals surface area contributed by atoms with Crippen LogP contribution >= 0.6 is 0 Å². The van der Waals surface area contributed by atoms with Gasteiger partial charge in [-0.05, 0) is 13.0 Å². The molecule has 1 aromatic carbocycles. The van der Waals surface area contributed by atoms with Crippen LogP contribution in [0.3, 0.4) is 0 Å². The van der Waals surface area contributed by atoms with E-state index in [2.05, 4.69) is 10.3 Å². The van der Waals surface area contributed by atoms with Crippen molar-refractivity contribution in [3.8, 4) is 11.4 Å². The molecule has 0 saturated carbocycles. The largest absolute Gasteiger partial charge is 0.494 e. The van der Waals surface area contributed by atoms with Crippen LogP contribution in [0.4, 0.5) is 5.69 Å². The van der Waals surface area contributed by atoms with E-state index in [9.17, 15) is 10.1 Å². The molecule has 1 unspecified atom stereocenters. The third kappa shape index (κ3) is 2.52. The lowest BCUT2D eigenvalue weighted by molar-refractivity contribution is -0.384. The predicted octanol–water partition coefficient (Wildman–Crippen LogP) is 1.20. The highest BCUT2D eigenvalue weighted by atomic mass is 16.6. The molecule has 0 spiro atoms. The lowest BCUT2D eigenvalue weighted by Gasteiger charge is -2.07. The Labute approximate surface area is 108 Å². The van der Waals surface area contributed by atoms with Crippen LogP contribution in [0.1, 0.15) is 18.7 Å². The van der Waals surface area contributed by atoms with Crippen molar-refractivity contribution in [3.63, 3.8) is 0 Å². The first-order valence-electron chi connectivity index (χ1n) is 5.53. The number of nitro benzene ring substituents is 1. The summed E-state index contributed by atoms with van der Waals surface area (Å²) < 4.78 is 6.57. The van der Waals surface area contributed by atoms with E-state index in [0.717, 1.165) is 0 Å². The van der Waals surface area contributed by atoms with Crippen molar-refractivity contribution in [2.45, 2.75) is 13.0 Å². The molecule has 2 N–H and O–H groups in total. The second-order valence-corrected chi connectivity index (χ2v) is 3.99. The molecule has 0 fully saturated rings. The molecule has 2 rings (SSSR count). The Morgan fingerprint density at radius 1 is 1.53 bits per heavy atom. The number of hydrogen-bond donors (Lipinski definition) is 1. The Kier molecular flexibility index (Phi) is 3.43. The lowest BCUT2D eigenvalue weighted by Crippen LogP contribution is -2.05. The first-order valence-corrected chi connectivity index (χ1v) is 5.53. The Hall–Kier alpha value is -2.48. The normalized spacial score (nSPS) is 12.2. The third-order valence-electron chi connectivity index (χ3n) is 2.60. The average Bonchev–Trinajstić information content (AvgIpc) is 2.87. The smallest absolute Gasteiger partial charge is 0.271 e. The molecule has 0 aliphatic carbocycles. The van der Waals surface area contributed by atoms with E-state index < -0.39 is 4.92 Å². The van der Waals surface area contributed by atoms with Gasteiger partial charge in [-0.25, -0.2) is 4.68 Å². The number of benzene rings is 1. The Morgan fingerprint density at radius 3 is 2.79 bits per heavy atom. The minimum Gasteiger partial charge on any atom is -0.494 e. The Balaban J connectivity index is 2.51. The highest BCUT2D eigenvalue weighted by molar-refractivity contribution is 5.53. The summed E-state index contributed by atoms with van der Waals surface area (Å²) in [4.78, 5) is 10.3. The van der Waals surface area contributed by atoms with Gasteiger partial charge in [0.1, 0.15) is 11.4 Å². The molecule has 100 valence electrons. The lowest BCUT2D eigenvalue weighted by atomic mass is 10.2. The molecule has 0 bridgehead atoms. The van der Waals surface area contributed by atoms with Gasteiger partial charge < -0.3 is 10.5 Å². The summed E-state index contributed by atoms with van der Waals surface area (Å²) >= 11 is 0. The van der Waals surface area contributed by atoms with Crippen molar-refractivity contribution in [1.29, 1.82) is 0 Å². The average molecular weight is 263 g/mol. The van der Waals surface area contributed by atoms with Crippen LogP contribution in [-0.2, 0) is 0 Å². The molecule has 2 aromatic rings. The number of hydrogen-bond acceptors (Lipinski definition) is 6. The van der Waals surface area contributed by atoms with E-state index in [0.29, 0.717) is 17.1 Å². The minimum absolute atomic E-state index is 0.0475. The molecule has 0 aliphatic rings. The second-order valence-electron chi connectivity index (χ2n) is 3.99. The molecule has 1 aromatic heterocycles. The zero-order chi connectivity index (χ0) is 14.0. The summed E-state index contributed by atoms with van der Waals surface area (Å²) in [5, 5.41) is 18.6. The number of rotatable bonds is 4. The van der Waals surface area contributed by atoms with Crippen LogP contribution in [0.5, 0.6) is 5.75 Å². The van der Waals surface area contributed by atoms with E-state index >= 15 is 0 Å². The SMILES string of the molecule is COc1ccc([N+](=O)[O-])cc1-n1cc(C(C)N)nn1. The summed E-state index contributed by atoms with van der Waals surface area (Å²) in [6.07, 6.45) is 1.62. The van der Waals surface area contributed by atoms with E-state index in [1.165, 1.54) is 30.0 Å². The van der Waals surface area contributed by atoms with Gasteiger partial charge in [0.15, 0.2) is 0 Å². The van der Waals surface area contributed by atoms with Crippen molar-refractivity contribution >= 4 is 5.69 Å². The molecule has 1 atom stereocenters. The van der Waals surface area contributed by atoms with Crippen LogP contribution in [0.15, 0.2) is 24.4 Å². The number of non-ortho nitro benzene ring substituents is 1. The fraction of sp³-hybridized carbons (Fsp3) is 0.273. The number of nitrogens with zero attached hydrogens (tertiary/aromatic N) is 4. The molecule has 0 aliphatic heterocycles. The number of methoxy groups -OCH3 is 1. The third-order valence-corrected chi connectivity index (χ3v) is 2.60. The van der Waals surface area contributed by atoms with Gasteiger partial charge in [-0.2, -0.15) is 0 Å². The summed E-state index contributed by atoms with van der Waals surface area (Å²) in [5.74, 6) is 0.465. The fourth-order valence-corrected chi connectivity index (χ4v) is 1.57. The van der Waals surface area contributed by atoms with Crippen molar-refractivity contribution in [2.24, 2.45) is 5.73 Å². The highest BCUT2D eigenvalue weighted by Crippen LogP contribution is 2.27. The molecule has 1 heterocycles. The van der Waals surface area contributed by atoms with Gasteiger partial charge in [0.25, 0.3) is 5.69 Å². The van der Waals surface area contributed by atoms with Gasteiger partial charge >= 0.3 is 0 Å². The zero-order valence-electron chi connectivity index (χ0n) is 10.5. The summed E-state index contributed by atoms with van der Waals surface area (Å²) in [7, 11) is 1.48. The van der Waals surface area contributed by atoms with E-state index in [1.54, 1.807) is 13.1 Å². The van der Waals surface area contributed by atoms with Crippen LogP contribution in [0.25, 0.3) is 5.69 Å². The molecule has 0 saturated heterocycles. The number of nitro groups is 1. The molecular formula is C11H13N5O3. The number of aromatic nitrogens is 3. The maximum Gasteiger partial charge on any atom is 0.271 e. The molecule has 8 heteroatoms. The monoisotopic (exact) mass is 263 g/mol. The minimum atomic E-state index is -0.480. The summed E-state index contributed by atoms with van der Waals surface area (Å²) in [5.41, 5.74) is 6.68. The number of nitrogens with two attached hydrogens (primary N) is 1. The number of ether oxygens (including phenoxy) is 1. The van der Waals surface area contributed by atoms with Gasteiger partial charge in [-0.1, -0.05) is 5.21 Å². The highest BCUT2D eigenvalue weighted by Gasteiger charge is 2.15. The Morgan fingerprint density at radius 2 is 2.26 bits per heavy atom. The van der Waals surface area contributed by atoms with Gasteiger partial charge in [-0.3, -0.25) is 10.1 Å². The van der Waals surface area contributed by atoms with Gasteiger partial charge in [-0.15, -0.1) is 5.10 Å². The molecule has 8 nitrogen and oxygen atoms in total. The van der Waals surface area contributed by atoms with Crippen LogP contribution < -0.4 is 10.5 Å². The van der Waals surface area contributed by atoms with E-state index in [-0.39, 0.29) is 11.7 Å². The topological polar surface area (TPSA) is 109 Å². The maximum absolute atomic E-state index is 10.8. The zero-order valence-corrected chi connectivity index (χ0v) is 10.5. The van der Waals surface area contributed by atoms with Gasteiger partial charge in [0.2, 0.25) is 0 Å². The molecule has 19 heavy (non-hydrogen) atoms. The second kappa shape index (κ2) is 5.02. The van der Waals surface area contributed by atoms with Crippen molar-refractivity contribution in [1.82, 2.24) is 15.0 Å². The summed E-state index contributed by atoms with van der Waals surface area (Å²) in [6.45, 7) is 1.78. The quantitative estimate of drug-likeness (QED) is 0.655. The Bertz CT molecular complexity index is 608. The van der Waals surface area contributed by atoms with Crippen molar-refractivity contribution < 1.29 is 9.66 Å². The fourth-order valence-electron chi connectivity index (χ4n) is 1.57. The van der Waals surface area contributed by atoms with Crippen LogP contribution in [0, 0.1) is 10.1 Å². The van der Waals surface area contributed by atoms with Crippen LogP contribution in [0.2, 0.25) is 0 Å². The van der Waals surface area contributed by atoms with Gasteiger partial charge in [0.05, 0.1) is 23.9 Å². The van der Waals surface area contributed by atoms with E-state index in [1.807, 2.05) is 0 Å². The summed E-state index contributed by atoms with van der Waals surface area (Å²) in [6, 6.07) is 3.99. The van der Waals surface area contributed by atoms with E-state index in [4.69, 9.17) is 10.5 Å². The van der Waals surface area contributed by atoms with Crippen molar-refractivity contribution in [2.75, 3.05) is 7.11 Å². The van der Waals surface area contributed by atoms with Crippen LogP contribution in [-0.4, -0.2) is 27.0 Å². The standard InChI is InChI=1S/C11H13N5O3/c1-7(12)9-6-15(14-13-9)10-5-8(16(17)18)3-4-11(10)19-2/h3-7H,12H2,1-2H3. The van der Waals surface area contributed by atoms with Crippen molar-refractivity contribution in [3.05, 3.63) is 40.2 Å². The maximum atomic E-state index is 10.8. The predicted molar refractivity (Wildman–Crippen MR) is 67.2 cm³/mol.